The van der Waals surface area contributed by atoms with Gasteiger partial charge in [0, 0.05) is 24.5 Å². The molecule has 3 N–H and O–H groups in total. The van der Waals surface area contributed by atoms with Gasteiger partial charge in [0.25, 0.3) is 0 Å². The molecule has 4 rings (SSSR count). The van der Waals surface area contributed by atoms with Crippen LogP contribution in [0.25, 0.3) is 0 Å². The molecule has 0 atom stereocenters. The van der Waals surface area contributed by atoms with E-state index in [0.29, 0.717) is 11.0 Å². The number of para-hydroxylation sites is 1. The van der Waals surface area contributed by atoms with Crippen LogP contribution in [-0.2, 0) is 11.4 Å². The number of carbonyl (C=O) groups is 1. The largest absolute Gasteiger partial charge is 0.485 e. The Morgan fingerprint density at radius 2 is 1.82 bits per heavy atom. The third kappa shape index (κ3) is 5.42. The highest BCUT2D eigenvalue weighted by molar-refractivity contribution is 7.99. The molecule has 174 valence electrons. The van der Waals surface area contributed by atoms with Gasteiger partial charge < -0.3 is 20.8 Å². The van der Waals surface area contributed by atoms with Crippen LogP contribution in [0, 0.1) is 20.8 Å². The van der Waals surface area contributed by atoms with E-state index in [2.05, 4.69) is 32.5 Å². The van der Waals surface area contributed by atoms with Gasteiger partial charge in [0.05, 0.1) is 5.75 Å². The maximum atomic E-state index is 12.5. The number of nitrogen functional groups attached to an aromatic ring is 1. The average Bonchev–Trinajstić information content (AvgIpc) is 3.44. The number of benzene rings is 2. The van der Waals surface area contributed by atoms with Gasteiger partial charge in [0.15, 0.2) is 5.82 Å². The summed E-state index contributed by atoms with van der Waals surface area (Å²) in [7, 11) is 0. The van der Waals surface area contributed by atoms with Gasteiger partial charge in [-0.25, -0.2) is 4.68 Å². The summed E-state index contributed by atoms with van der Waals surface area (Å²) in [6, 6.07) is 12.2. The van der Waals surface area contributed by atoms with Crippen LogP contribution in [0.15, 0.2) is 41.6 Å². The SMILES string of the molecule is Cc1cc(N2CCCC2)ccc1NC(=O)CSc1nnc(COc2c(C)cccc2C)n1N. The van der Waals surface area contributed by atoms with Gasteiger partial charge >= 0.3 is 0 Å². The van der Waals surface area contributed by atoms with Crippen molar-refractivity contribution in [3.8, 4) is 5.75 Å². The van der Waals surface area contributed by atoms with Crippen molar-refractivity contribution in [3.05, 3.63) is 58.9 Å². The highest BCUT2D eigenvalue weighted by atomic mass is 32.2. The fourth-order valence-corrected chi connectivity index (χ4v) is 4.62. The number of nitrogens with two attached hydrogens (primary N) is 1. The lowest BCUT2D eigenvalue weighted by molar-refractivity contribution is -0.113. The van der Waals surface area contributed by atoms with Crippen molar-refractivity contribution in [1.82, 2.24) is 14.9 Å². The number of aryl methyl sites for hydroxylation is 3. The summed E-state index contributed by atoms with van der Waals surface area (Å²) in [4.78, 5) is 14.9. The molecule has 1 aromatic heterocycles. The van der Waals surface area contributed by atoms with Gasteiger partial charge in [0.2, 0.25) is 11.1 Å². The molecule has 9 heteroatoms. The summed E-state index contributed by atoms with van der Waals surface area (Å²) >= 11 is 1.24. The molecule has 0 unspecified atom stereocenters. The van der Waals surface area contributed by atoms with Gasteiger partial charge in [0.1, 0.15) is 12.4 Å². The van der Waals surface area contributed by atoms with Gasteiger partial charge in [-0.3, -0.25) is 4.79 Å². The first-order valence-electron chi connectivity index (χ1n) is 11.1. The van der Waals surface area contributed by atoms with Crippen molar-refractivity contribution in [2.24, 2.45) is 0 Å². The number of rotatable bonds is 8. The van der Waals surface area contributed by atoms with Gasteiger partial charge in [-0.2, -0.15) is 0 Å². The van der Waals surface area contributed by atoms with Crippen molar-refractivity contribution < 1.29 is 9.53 Å². The Bertz CT molecular complexity index is 1120. The molecule has 33 heavy (non-hydrogen) atoms. The van der Waals surface area contributed by atoms with Crippen LogP contribution in [0.5, 0.6) is 5.75 Å². The number of ether oxygens (including phenoxy) is 1. The molecule has 0 radical (unpaired) electrons. The summed E-state index contributed by atoms with van der Waals surface area (Å²) in [5, 5.41) is 11.7. The number of hydrogen-bond donors (Lipinski definition) is 2. The van der Waals surface area contributed by atoms with E-state index in [4.69, 9.17) is 10.6 Å². The molecule has 0 saturated carbocycles. The van der Waals surface area contributed by atoms with Crippen molar-refractivity contribution in [2.45, 2.75) is 45.4 Å². The molecule has 0 spiro atoms. The first-order chi connectivity index (χ1) is 15.9. The first kappa shape index (κ1) is 23.0. The lowest BCUT2D eigenvalue weighted by Crippen LogP contribution is -2.19. The van der Waals surface area contributed by atoms with Gasteiger partial charge in [-0.05, 0) is 68.5 Å². The van der Waals surface area contributed by atoms with E-state index in [0.717, 1.165) is 41.2 Å². The Hall–Kier alpha value is -3.20. The summed E-state index contributed by atoms with van der Waals surface area (Å²) < 4.78 is 7.29. The zero-order valence-electron chi connectivity index (χ0n) is 19.3. The normalized spacial score (nSPS) is 13.4. The fraction of sp³-hybridized carbons (Fsp3) is 0.375. The Morgan fingerprint density at radius 1 is 1.09 bits per heavy atom. The number of carbonyl (C=O) groups excluding carboxylic acids is 1. The zero-order valence-corrected chi connectivity index (χ0v) is 20.1. The monoisotopic (exact) mass is 466 g/mol. The summed E-state index contributed by atoms with van der Waals surface area (Å²) in [5.41, 5.74) is 5.18. The van der Waals surface area contributed by atoms with Crippen LogP contribution in [0.2, 0.25) is 0 Å². The van der Waals surface area contributed by atoms with Crippen molar-refractivity contribution >= 4 is 29.0 Å². The highest BCUT2D eigenvalue weighted by Gasteiger charge is 2.16. The Labute approximate surface area is 198 Å². The predicted octanol–water partition coefficient (Wildman–Crippen LogP) is 3.83. The topological polar surface area (TPSA) is 98.3 Å². The molecule has 3 aromatic rings. The third-order valence-electron chi connectivity index (χ3n) is 5.78. The van der Waals surface area contributed by atoms with Gasteiger partial charge in [-0.15, -0.1) is 10.2 Å². The van der Waals surface area contributed by atoms with Crippen LogP contribution in [0.1, 0.15) is 35.4 Å². The minimum absolute atomic E-state index is 0.117. The molecule has 1 saturated heterocycles. The van der Waals surface area contributed by atoms with E-state index >= 15 is 0 Å². The molecule has 2 aromatic carbocycles. The maximum absolute atomic E-state index is 12.5. The van der Waals surface area contributed by atoms with Crippen LogP contribution < -0.4 is 20.8 Å². The number of hydrogen-bond acceptors (Lipinski definition) is 7. The first-order valence-corrected chi connectivity index (χ1v) is 12.1. The molecular weight excluding hydrogens is 436 g/mol. The van der Waals surface area contributed by atoms with E-state index in [1.165, 1.54) is 35.0 Å². The lowest BCUT2D eigenvalue weighted by Gasteiger charge is -2.19. The number of anilines is 2. The second-order valence-electron chi connectivity index (χ2n) is 8.31. The number of nitrogens with zero attached hydrogens (tertiary/aromatic N) is 4. The minimum atomic E-state index is -0.117. The Morgan fingerprint density at radius 3 is 2.52 bits per heavy atom. The Balaban J connectivity index is 1.31. The molecule has 8 nitrogen and oxygen atoms in total. The number of aromatic nitrogens is 3. The molecular formula is C24H30N6O2S. The zero-order chi connectivity index (χ0) is 23.4. The smallest absolute Gasteiger partial charge is 0.234 e. The second-order valence-corrected chi connectivity index (χ2v) is 9.25. The minimum Gasteiger partial charge on any atom is -0.485 e. The summed E-state index contributed by atoms with van der Waals surface area (Å²) in [6.07, 6.45) is 2.47. The van der Waals surface area contributed by atoms with E-state index in [1.54, 1.807) is 0 Å². The number of nitrogens with one attached hydrogen (secondary N) is 1. The molecule has 0 aliphatic carbocycles. The number of amides is 1. The fourth-order valence-electron chi connectivity index (χ4n) is 3.94. The molecule has 0 bridgehead atoms. The molecule has 1 amide bonds. The van der Waals surface area contributed by atoms with E-state index < -0.39 is 0 Å². The standard InChI is InChI=1S/C24H30N6O2S/c1-16-7-6-8-17(2)23(16)32-14-21-27-28-24(30(21)25)33-15-22(31)26-20-10-9-19(13-18(20)3)29-11-4-5-12-29/h6-10,13H,4-5,11-12,14-15,25H2,1-3H3,(H,26,31). The highest BCUT2D eigenvalue weighted by Crippen LogP contribution is 2.26. The van der Waals surface area contributed by atoms with Crippen LogP contribution >= 0.6 is 11.8 Å². The third-order valence-corrected chi connectivity index (χ3v) is 6.72. The number of thioether (sulfide) groups is 1. The lowest BCUT2D eigenvalue weighted by atomic mass is 10.1. The van der Waals surface area contributed by atoms with Crippen LogP contribution in [0.3, 0.4) is 0 Å². The van der Waals surface area contributed by atoms with E-state index in [9.17, 15) is 4.79 Å². The van der Waals surface area contributed by atoms with Crippen LogP contribution in [0.4, 0.5) is 11.4 Å². The molecule has 1 aliphatic heterocycles. The van der Waals surface area contributed by atoms with E-state index in [1.807, 2.05) is 45.0 Å². The second kappa shape index (κ2) is 10.2. The average molecular weight is 467 g/mol. The van der Waals surface area contributed by atoms with Gasteiger partial charge in [-0.1, -0.05) is 30.0 Å². The molecule has 1 fully saturated rings. The molecule has 2 heterocycles. The predicted molar refractivity (Wildman–Crippen MR) is 132 cm³/mol. The van der Waals surface area contributed by atoms with Crippen molar-refractivity contribution in [1.29, 1.82) is 0 Å². The Kier molecular flexibility index (Phi) is 7.08. The van der Waals surface area contributed by atoms with Crippen molar-refractivity contribution in [2.75, 3.05) is 34.9 Å². The molecule has 1 aliphatic rings. The summed E-state index contributed by atoms with van der Waals surface area (Å²) in [5.74, 6) is 7.52. The summed E-state index contributed by atoms with van der Waals surface area (Å²) in [6.45, 7) is 8.40. The van der Waals surface area contributed by atoms with E-state index in [-0.39, 0.29) is 18.3 Å². The maximum Gasteiger partial charge on any atom is 0.234 e. The van der Waals surface area contributed by atoms with Crippen molar-refractivity contribution in [3.63, 3.8) is 0 Å². The quantitative estimate of drug-likeness (QED) is 0.385. The van der Waals surface area contributed by atoms with Crippen LogP contribution in [-0.4, -0.2) is 39.6 Å².